The molecule has 0 bridgehead atoms. The van der Waals surface area contributed by atoms with Gasteiger partial charge in [0.1, 0.15) is 18.1 Å². The highest BCUT2D eigenvalue weighted by Gasteiger charge is 2.31. The Labute approximate surface area is 221 Å². The summed E-state index contributed by atoms with van der Waals surface area (Å²) in [7, 11) is 0. The summed E-state index contributed by atoms with van der Waals surface area (Å²) in [4.78, 5) is 53.9. The summed E-state index contributed by atoms with van der Waals surface area (Å²) in [6.07, 6.45) is 4.82. The molecule has 202 valence electrons. The lowest BCUT2D eigenvalue weighted by Crippen LogP contribution is -2.58. The van der Waals surface area contributed by atoms with Crippen LogP contribution in [-0.4, -0.2) is 76.8 Å². The number of aromatic nitrogens is 1. The molecule has 4 atom stereocenters. The number of benzene rings is 1. The zero-order chi connectivity index (χ0) is 26.8. The number of hydrogen-bond acceptors (Lipinski definition) is 7. The topological polar surface area (TPSA) is 178 Å². The van der Waals surface area contributed by atoms with Gasteiger partial charge in [0.25, 0.3) is 0 Å². The monoisotopic (exact) mass is 532 g/mol. The zero-order valence-electron chi connectivity index (χ0n) is 20.7. The van der Waals surface area contributed by atoms with Crippen LogP contribution in [-0.2, 0) is 25.6 Å². The number of para-hydroxylation sites is 1. The third kappa shape index (κ3) is 7.94. The van der Waals surface area contributed by atoms with Crippen molar-refractivity contribution in [3.63, 3.8) is 0 Å². The van der Waals surface area contributed by atoms with Gasteiger partial charge in [-0.25, -0.2) is 4.79 Å². The second-order valence-corrected chi connectivity index (χ2v) is 9.57. The van der Waals surface area contributed by atoms with Gasteiger partial charge in [0.05, 0.1) is 6.04 Å². The number of carbonyl (C=O) groups excluding carboxylic acids is 3. The number of H-pyrrole nitrogens is 1. The number of amides is 3. The van der Waals surface area contributed by atoms with Crippen LogP contribution in [0.3, 0.4) is 0 Å². The Kier molecular flexibility index (Phi) is 10.8. The molecule has 2 heterocycles. The smallest absolute Gasteiger partial charge is 0.326 e. The van der Waals surface area contributed by atoms with Crippen molar-refractivity contribution < 1.29 is 24.3 Å². The molecule has 12 heteroatoms. The van der Waals surface area contributed by atoms with E-state index in [0.29, 0.717) is 25.8 Å². The first-order valence-corrected chi connectivity index (χ1v) is 13.2. The second-order valence-electron chi connectivity index (χ2n) is 9.20. The fraction of sp³-hybridized carbons (Fsp3) is 0.520. The fourth-order valence-electron chi connectivity index (χ4n) is 4.40. The highest BCUT2D eigenvalue weighted by Crippen LogP contribution is 2.19. The summed E-state index contributed by atoms with van der Waals surface area (Å²) >= 11 is 4.22. The van der Waals surface area contributed by atoms with E-state index in [-0.39, 0.29) is 30.5 Å². The lowest BCUT2D eigenvalue weighted by atomic mass is 10.0. The second kappa shape index (κ2) is 14.0. The predicted octanol–water partition coefficient (Wildman–Crippen LogP) is 0.0602. The van der Waals surface area contributed by atoms with Crippen LogP contribution in [0.5, 0.6) is 0 Å². The number of thiol groups is 1. The number of aromatic amines is 1. The lowest BCUT2D eigenvalue weighted by Gasteiger charge is -2.24. The molecule has 37 heavy (non-hydrogen) atoms. The first-order chi connectivity index (χ1) is 17.8. The zero-order valence-corrected chi connectivity index (χ0v) is 21.6. The molecule has 3 rings (SSSR count). The number of carboxylic acids is 1. The molecule has 0 saturated carbocycles. The van der Waals surface area contributed by atoms with Crippen molar-refractivity contribution >= 4 is 47.2 Å². The largest absolute Gasteiger partial charge is 0.480 e. The van der Waals surface area contributed by atoms with Crippen LogP contribution in [0.2, 0.25) is 0 Å². The van der Waals surface area contributed by atoms with E-state index in [0.717, 1.165) is 29.4 Å². The molecular formula is C25H36N6O5S. The number of fused-ring (bicyclic) bond motifs is 1. The van der Waals surface area contributed by atoms with Crippen molar-refractivity contribution in [2.24, 2.45) is 5.73 Å². The molecule has 0 spiro atoms. The van der Waals surface area contributed by atoms with Crippen LogP contribution in [0.15, 0.2) is 30.5 Å². The van der Waals surface area contributed by atoms with Crippen LogP contribution in [0.25, 0.3) is 10.9 Å². The first-order valence-electron chi connectivity index (χ1n) is 12.6. The van der Waals surface area contributed by atoms with E-state index in [1.54, 1.807) is 6.20 Å². The number of hydrogen-bond donors (Lipinski definition) is 8. The molecule has 3 amide bonds. The number of carboxylic acid groups (broad SMARTS) is 1. The maximum absolute atomic E-state index is 13.3. The molecule has 1 aliphatic heterocycles. The van der Waals surface area contributed by atoms with E-state index in [1.165, 1.54) is 0 Å². The molecule has 11 nitrogen and oxygen atoms in total. The van der Waals surface area contributed by atoms with Gasteiger partial charge in [0, 0.05) is 29.3 Å². The Morgan fingerprint density at radius 3 is 2.46 bits per heavy atom. The van der Waals surface area contributed by atoms with Gasteiger partial charge < -0.3 is 37.1 Å². The van der Waals surface area contributed by atoms with Crippen molar-refractivity contribution in [2.75, 3.05) is 18.8 Å². The van der Waals surface area contributed by atoms with Crippen LogP contribution >= 0.6 is 12.6 Å². The van der Waals surface area contributed by atoms with Crippen LogP contribution in [0, 0.1) is 0 Å². The minimum atomic E-state index is -1.16. The third-order valence-corrected chi connectivity index (χ3v) is 6.85. The first kappa shape index (κ1) is 28.5. The third-order valence-electron chi connectivity index (χ3n) is 6.49. The van der Waals surface area contributed by atoms with Gasteiger partial charge in [-0.1, -0.05) is 18.2 Å². The van der Waals surface area contributed by atoms with Gasteiger partial charge in [-0.15, -0.1) is 0 Å². The molecule has 1 aliphatic rings. The maximum atomic E-state index is 13.3. The van der Waals surface area contributed by atoms with Crippen molar-refractivity contribution in [1.29, 1.82) is 0 Å². The molecule has 1 aromatic heterocycles. The number of unbranched alkanes of at least 4 members (excludes halogenated alkanes) is 1. The number of rotatable bonds is 14. The number of nitrogens with one attached hydrogen (secondary N) is 5. The SMILES string of the molecule is NCCCCC(NC(=O)C(Cc1c[nH]c2ccccc12)NC(=O)C(CS)NC(=O)C1CCCN1)C(=O)O. The van der Waals surface area contributed by atoms with E-state index < -0.39 is 35.9 Å². The van der Waals surface area contributed by atoms with E-state index >= 15 is 0 Å². The summed E-state index contributed by atoms with van der Waals surface area (Å²) in [5.74, 6) is -2.62. The summed E-state index contributed by atoms with van der Waals surface area (Å²) in [6.45, 7) is 1.16. The summed E-state index contributed by atoms with van der Waals surface area (Å²) in [5, 5.41) is 21.6. The van der Waals surface area contributed by atoms with E-state index in [4.69, 9.17) is 5.73 Å². The number of nitrogens with two attached hydrogens (primary N) is 1. The molecular weight excluding hydrogens is 496 g/mol. The van der Waals surface area contributed by atoms with Crippen molar-refractivity contribution in [2.45, 2.75) is 62.7 Å². The fourth-order valence-corrected chi connectivity index (χ4v) is 4.66. The van der Waals surface area contributed by atoms with Gasteiger partial charge in [-0.05, 0) is 56.8 Å². The minimum absolute atomic E-state index is 0.0303. The molecule has 2 aromatic rings. The summed E-state index contributed by atoms with van der Waals surface area (Å²) < 4.78 is 0. The number of aliphatic carboxylic acids is 1. The Bertz CT molecular complexity index is 1090. The predicted molar refractivity (Wildman–Crippen MR) is 143 cm³/mol. The van der Waals surface area contributed by atoms with Crippen LogP contribution in [0.4, 0.5) is 0 Å². The number of carbonyl (C=O) groups is 4. The minimum Gasteiger partial charge on any atom is -0.480 e. The van der Waals surface area contributed by atoms with Gasteiger partial charge in [-0.2, -0.15) is 12.6 Å². The van der Waals surface area contributed by atoms with Gasteiger partial charge in [-0.3, -0.25) is 14.4 Å². The van der Waals surface area contributed by atoms with Gasteiger partial charge >= 0.3 is 5.97 Å². The molecule has 0 aliphatic carbocycles. The standard InChI is InChI=1S/C25H36N6O5S/c26-10-4-3-8-19(25(35)36)29-23(33)20(12-15-13-28-17-7-2-1-6-16(15)17)30-24(34)21(14-37)31-22(32)18-9-5-11-27-18/h1-2,6-7,13,18-21,27-28,37H,3-5,8-12,14,26H2,(H,29,33)(H,30,34)(H,31,32)(H,35,36). The van der Waals surface area contributed by atoms with E-state index in [1.807, 2.05) is 24.3 Å². The van der Waals surface area contributed by atoms with E-state index in [9.17, 15) is 24.3 Å². The van der Waals surface area contributed by atoms with Gasteiger partial charge in [0.2, 0.25) is 17.7 Å². The van der Waals surface area contributed by atoms with Gasteiger partial charge in [0.15, 0.2) is 0 Å². The highest BCUT2D eigenvalue weighted by atomic mass is 32.1. The maximum Gasteiger partial charge on any atom is 0.326 e. The van der Waals surface area contributed by atoms with E-state index in [2.05, 4.69) is 38.9 Å². The molecule has 1 saturated heterocycles. The Balaban J connectivity index is 1.76. The normalized spacial score (nSPS) is 17.6. The Morgan fingerprint density at radius 2 is 1.78 bits per heavy atom. The quantitative estimate of drug-likeness (QED) is 0.125. The molecule has 1 aromatic carbocycles. The summed E-state index contributed by atoms with van der Waals surface area (Å²) in [6, 6.07) is 4.02. The Morgan fingerprint density at radius 1 is 1.05 bits per heavy atom. The Hall–Kier alpha value is -3.09. The van der Waals surface area contributed by atoms with Crippen LogP contribution in [0.1, 0.15) is 37.7 Å². The molecule has 0 radical (unpaired) electrons. The van der Waals surface area contributed by atoms with Crippen molar-refractivity contribution in [3.05, 3.63) is 36.0 Å². The molecule has 1 fully saturated rings. The summed E-state index contributed by atoms with van der Waals surface area (Å²) in [5.41, 5.74) is 7.16. The molecule has 4 unspecified atom stereocenters. The highest BCUT2D eigenvalue weighted by molar-refractivity contribution is 7.80. The van der Waals surface area contributed by atoms with Crippen molar-refractivity contribution in [3.8, 4) is 0 Å². The average Bonchev–Trinajstić information content (AvgIpc) is 3.57. The lowest BCUT2D eigenvalue weighted by molar-refractivity contribution is -0.142. The van der Waals surface area contributed by atoms with Crippen molar-refractivity contribution in [1.82, 2.24) is 26.3 Å². The average molecular weight is 533 g/mol. The van der Waals surface area contributed by atoms with Crippen LogP contribution < -0.4 is 27.0 Å². The molecule has 8 N–H and O–H groups in total.